The number of carbonyl (C=O) groups excluding carboxylic acids is 1. The summed E-state index contributed by atoms with van der Waals surface area (Å²) in [5, 5.41) is 2.96. The molecule has 0 aliphatic heterocycles. The summed E-state index contributed by atoms with van der Waals surface area (Å²) in [5.74, 6) is 1.41. The van der Waals surface area contributed by atoms with Crippen molar-refractivity contribution in [3.05, 3.63) is 59.7 Å². The van der Waals surface area contributed by atoms with Crippen molar-refractivity contribution in [1.82, 2.24) is 5.32 Å². The number of nitrogens with one attached hydrogen (secondary N) is 1. The van der Waals surface area contributed by atoms with E-state index in [-0.39, 0.29) is 11.3 Å². The zero-order chi connectivity index (χ0) is 19.9. The third-order valence-electron chi connectivity index (χ3n) is 4.34. The molecule has 0 aliphatic rings. The van der Waals surface area contributed by atoms with E-state index in [0.717, 1.165) is 11.3 Å². The number of amides is 1. The smallest absolute Gasteiger partial charge is 0.261 e. The number of benzene rings is 2. The van der Waals surface area contributed by atoms with Crippen LogP contribution >= 0.6 is 0 Å². The van der Waals surface area contributed by atoms with E-state index in [1.165, 1.54) is 5.56 Å². The van der Waals surface area contributed by atoms with Crippen LogP contribution in [0.3, 0.4) is 0 Å². The molecule has 0 heterocycles. The molecule has 2 aromatic rings. The molecule has 1 unspecified atom stereocenters. The first-order valence-corrected chi connectivity index (χ1v) is 9.60. The first-order valence-electron chi connectivity index (χ1n) is 9.60. The molecule has 146 valence electrons. The number of rotatable bonds is 8. The lowest BCUT2D eigenvalue weighted by Crippen LogP contribution is -2.37. The Kier molecular flexibility index (Phi) is 7.28. The molecule has 0 aliphatic carbocycles. The van der Waals surface area contributed by atoms with E-state index >= 15 is 0 Å². The molecule has 0 bridgehead atoms. The van der Waals surface area contributed by atoms with Crippen LogP contribution in [-0.4, -0.2) is 18.6 Å². The van der Waals surface area contributed by atoms with Crippen LogP contribution in [-0.2, 0) is 16.8 Å². The van der Waals surface area contributed by atoms with E-state index < -0.39 is 6.10 Å². The van der Waals surface area contributed by atoms with Gasteiger partial charge in [-0.25, -0.2) is 0 Å². The Morgan fingerprint density at radius 2 is 1.74 bits per heavy atom. The molecule has 1 N–H and O–H groups in total. The molecular formula is C23H31NO3. The Morgan fingerprint density at radius 3 is 2.33 bits per heavy atom. The Bertz CT molecular complexity index is 732. The minimum absolute atomic E-state index is 0.0933. The summed E-state index contributed by atoms with van der Waals surface area (Å²) in [7, 11) is 0. The van der Waals surface area contributed by atoms with Crippen molar-refractivity contribution in [2.75, 3.05) is 6.61 Å². The van der Waals surface area contributed by atoms with Crippen molar-refractivity contribution < 1.29 is 14.3 Å². The first-order chi connectivity index (χ1) is 12.8. The van der Waals surface area contributed by atoms with Gasteiger partial charge in [-0.2, -0.15) is 0 Å². The normalized spacial score (nSPS) is 12.3. The standard InChI is InChI=1S/C23H31NO3/c1-6-21(27-19-13-11-18(12-14-19)23(3,4)5)22(25)24-16-17-9-8-10-20(15-17)26-7-2/h8-15,21H,6-7,16H2,1-5H3,(H,24,25). The van der Waals surface area contributed by atoms with Gasteiger partial charge in [-0.05, 0) is 54.2 Å². The van der Waals surface area contributed by atoms with Gasteiger partial charge in [-0.3, -0.25) is 4.79 Å². The minimum Gasteiger partial charge on any atom is -0.494 e. The van der Waals surface area contributed by atoms with Crippen molar-refractivity contribution >= 4 is 5.91 Å². The van der Waals surface area contributed by atoms with Crippen LogP contribution in [0.15, 0.2) is 48.5 Å². The fourth-order valence-electron chi connectivity index (χ4n) is 2.73. The molecule has 2 aromatic carbocycles. The number of carbonyl (C=O) groups is 1. The second-order valence-electron chi connectivity index (χ2n) is 7.59. The van der Waals surface area contributed by atoms with Crippen LogP contribution in [0.2, 0.25) is 0 Å². The van der Waals surface area contributed by atoms with Crippen molar-refractivity contribution in [3.63, 3.8) is 0 Å². The average molecular weight is 370 g/mol. The van der Waals surface area contributed by atoms with Gasteiger partial charge in [0.05, 0.1) is 6.61 Å². The summed E-state index contributed by atoms with van der Waals surface area (Å²) in [6, 6.07) is 15.7. The van der Waals surface area contributed by atoms with Crippen molar-refractivity contribution in [2.45, 2.75) is 59.1 Å². The number of ether oxygens (including phenoxy) is 2. The summed E-state index contributed by atoms with van der Waals surface area (Å²) in [5.41, 5.74) is 2.33. The molecule has 0 radical (unpaired) electrons. The van der Waals surface area contributed by atoms with E-state index in [1.54, 1.807) is 0 Å². The quantitative estimate of drug-likeness (QED) is 0.723. The van der Waals surface area contributed by atoms with Crippen LogP contribution in [0.1, 0.15) is 52.2 Å². The summed E-state index contributed by atoms with van der Waals surface area (Å²) < 4.78 is 11.4. The van der Waals surface area contributed by atoms with Gasteiger partial charge in [-0.15, -0.1) is 0 Å². The van der Waals surface area contributed by atoms with Gasteiger partial charge in [-0.1, -0.05) is 52.0 Å². The molecular weight excluding hydrogens is 338 g/mol. The zero-order valence-electron chi connectivity index (χ0n) is 17.0. The first kappa shape index (κ1) is 20.8. The molecule has 1 atom stereocenters. The van der Waals surface area contributed by atoms with Gasteiger partial charge in [0, 0.05) is 6.54 Å². The summed E-state index contributed by atoms with van der Waals surface area (Å²) >= 11 is 0. The highest BCUT2D eigenvalue weighted by molar-refractivity contribution is 5.81. The fraction of sp³-hybridized carbons (Fsp3) is 0.435. The molecule has 2 rings (SSSR count). The Labute approximate surface area is 162 Å². The van der Waals surface area contributed by atoms with Crippen LogP contribution in [0.25, 0.3) is 0 Å². The largest absolute Gasteiger partial charge is 0.494 e. The number of hydrogen-bond donors (Lipinski definition) is 1. The Balaban J connectivity index is 1.94. The van der Waals surface area contributed by atoms with Gasteiger partial charge >= 0.3 is 0 Å². The maximum atomic E-state index is 12.5. The average Bonchev–Trinajstić information content (AvgIpc) is 2.64. The molecule has 4 heteroatoms. The highest BCUT2D eigenvalue weighted by Gasteiger charge is 2.19. The van der Waals surface area contributed by atoms with Crippen molar-refractivity contribution in [2.24, 2.45) is 0 Å². The SMILES string of the molecule is CCOc1cccc(CNC(=O)C(CC)Oc2ccc(C(C)(C)C)cc2)c1. The summed E-state index contributed by atoms with van der Waals surface area (Å²) in [6.45, 7) is 11.5. The number of hydrogen-bond acceptors (Lipinski definition) is 3. The van der Waals surface area contributed by atoms with Crippen LogP contribution in [0, 0.1) is 0 Å². The lowest BCUT2D eigenvalue weighted by Gasteiger charge is -2.21. The Hall–Kier alpha value is -2.49. The Morgan fingerprint density at radius 1 is 1.04 bits per heavy atom. The van der Waals surface area contributed by atoms with Crippen LogP contribution in [0.5, 0.6) is 11.5 Å². The van der Waals surface area contributed by atoms with E-state index in [0.29, 0.717) is 25.3 Å². The van der Waals surface area contributed by atoms with E-state index in [4.69, 9.17) is 9.47 Å². The van der Waals surface area contributed by atoms with E-state index in [2.05, 4.69) is 38.2 Å². The molecule has 4 nitrogen and oxygen atoms in total. The van der Waals surface area contributed by atoms with Gasteiger partial charge in [0.25, 0.3) is 5.91 Å². The van der Waals surface area contributed by atoms with Crippen molar-refractivity contribution in [3.8, 4) is 11.5 Å². The molecule has 27 heavy (non-hydrogen) atoms. The third kappa shape index (κ3) is 6.31. The van der Waals surface area contributed by atoms with E-state index in [9.17, 15) is 4.79 Å². The fourth-order valence-corrected chi connectivity index (χ4v) is 2.73. The lowest BCUT2D eigenvalue weighted by molar-refractivity contribution is -0.128. The summed E-state index contributed by atoms with van der Waals surface area (Å²) in [6.07, 6.45) is 0.0896. The molecule has 1 amide bonds. The van der Waals surface area contributed by atoms with Gasteiger partial charge in [0.1, 0.15) is 11.5 Å². The van der Waals surface area contributed by atoms with Crippen molar-refractivity contribution in [1.29, 1.82) is 0 Å². The maximum absolute atomic E-state index is 12.5. The predicted molar refractivity (Wildman–Crippen MR) is 109 cm³/mol. The third-order valence-corrected chi connectivity index (χ3v) is 4.34. The summed E-state index contributed by atoms with van der Waals surface area (Å²) in [4.78, 5) is 12.5. The lowest BCUT2D eigenvalue weighted by atomic mass is 9.87. The molecule has 0 fully saturated rings. The van der Waals surface area contributed by atoms with Gasteiger partial charge in [0.15, 0.2) is 6.10 Å². The predicted octanol–water partition coefficient (Wildman–Crippen LogP) is 4.86. The topological polar surface area (TPSA) is 47.6 Å². The molecule has 0 spiro atoms. The molecule has 0 saturated heterocycles. The van der Waals surface area contributed by atoms with E-state index in [1.807, 2.05) is 50.2 Å². The second-order valence-corrected chi connectivity index (χ2v) is 7.59. The highest BCUT2D eigenvalue weighted by Crippen LogP contribution is 2.25. The minimum atomic E-state index is -0.513. The maximum Gasteiger partial charge on any atom is 0.261 e. The highest BCUT2D eigenvalue weighted by atomic mass is 16.5. The van der Waals surface area contributed by atoms with Crippen LogP contribution in [0.4, 0.5) is 0 Å². The zero-order valence-corrected chi connectivity index (χ0v) is 17.0. The molecule has 0 saturated carbocycles. The van der Waals surface area contributed by atoms with Crippen LogP contribution < -0.4 is 14.8 Å². The monoisotopic (exact) mass is 369 g/mol. The van der Waals surface area contributed by atoms with Gasteiger partial charge in [0.2, 0.25) is 0 Å². The van der Waals surface area contributed by atoms with Gasteiger partial charge < -0.3 is 14.8 Å². The second kappa shape index (κ2) is 9.45. The molecule has 0 aromatic heterocycles.